The smallest absolute Gasteiger partial charge is 0.134 e. The Morgan fingerprint density at radius 1 is 1.09 bits per heavy atom. The number of benzene rings is 1. The van der Waals surface area contributed by atoms with Crippen molar-refractivity contribution in [3.8, 4) is 0 Å². The largest absolute Gasteiger partial charge is 0.460 e. The molecular formula is C18H25N3O. The van der Waals surface area contributed by atoms with E-state index in [1.165, 1.54) is 51.1 Å². The van der Waals surface area contributed by atoms with Crippen molar-refractivity contribution < 1.29 is 4.42 Å². The zero-order valence-electron chi connectivity index (χ0n) is 13.4. The molecule has 2 aliphatic heterocycles. The van der Waals surface area contributed by atoms with E-state index in [1.54, 1.807) is 0 Å². The minimum atomic E-state index is 0.734. The monoisotopic (exact) mass is 299 g/mol. The molecule has 0 saturated carbocycles. The van der Waals surface area contributed by atoms with Gasteiger partial charge in [-0.25, -0.2) is 0 Å². The van der Waals surface area contributed by atoms with Gasteiger partial charge in [0.2, 0.25) is 0 Å². The normalized spacial score (nSPS) is 25.2. The molecule has 0 bridgehead atoms. The molecular weight excluding hydrogens is 274 g/mol. The molecule has 0 unspecified atom stereocenters. The van der Waals surface area contributed by atoms with Gasteiger partial charge in [-0.1, -0.05) is 18.2 Å². The van der Waals surface area contributed by atoms with Crippen molar-refractivity contribution in [3.63, 3.8) is 0 Å². The summed E-state index contributed by atoms with van der Waals surface area (Å²) < 4.78 is 5.96. The fourth-order valence-corrected chi connectivity index (χ4v) is 3.78. The molecule has 0 radical (unpaired) electrons. The van der Waals surface area contributed by atoms with Gasteiger partial charge in [-0.3, -0.25) is 9.80 Å². The van der Waals surface area contributed by atoms with Gasteiger partial charge in [0.05, 0.1) is 6.54 Å². The summed E-state index contributed by atoms with van der Waals surface area (Å²) in [5.41, 5.74) is 1.01. The van der Waals surface area contributed by atoms with Crippen molar-refractivity contribution >= 4 is 11.0 Å². The van der Waals surface area contributed by atoms with Crippen LogP contribution in [0.2, 0.25) is 0 Å². The second-order valence-electron chi connectivity index (χ2n) is 6.77. The number of hydrogen-bond acceptors (Lipinski definition) is 4. The van der Waals surface area contributed by atoms with Crippen molar-refractivity contribution in [2.24, 2.45) is 0 Å². The lowest BCUT2D eigenvalue weighted by Crippen LogP contribution is -2.49. The summed E-state index contributed by atoms with van der Waals surface area (Å²) in [6.45, 7) is 8.17. The van der Waals surface area contributed by atoms with Crippen LogP contribution in [0.15, 0.2) is 34.7 Å². The summed E-state index contributed by atoms with van der Waals surface area (Å²) in [5.74, 6) is 1.10. The molecule has 0 amide bonds. The molecule has 4 rings (SSSR count). The summed E-state index contributed by atoms with van der Waals surface area (Å²) in [6, 6.07) is 11.2. The van der Waals surface area contributed by atoms with E-state index in [0.29, 0.717) is 0 Å². The Morgan fingerprint density at radius 2 is 1.91 bits per heavy atom. The highest BCUT2D eigenvalue weighted by Gasteiger charge is 2.29. The highest BCUT2D eigenvalue weighted by atomic mass is 16.3. The predicted octanol–water partition coefficient (Wildman–Crippen LogP) is 2.25. The van der Waals surface area contributed by atoms with E-state index in [0.717, 1.165) is 23.9 Å². The first-order valence-corrected chi connectivity index (χ1v) is 8.40. The predicted molar refractivity (Wildman–Crippen MR) is 89.0 cm³/mol. The van der Waals surface area contributed by atoms with Crippen LogP contribution >= 0.6 is 0 Å². The molecule has 2 aromatic rings. The van der Waals surface area contributed by atoms with Gasteiger partial charge in [-0.2, -0.15) is 0 Å². The van der Waals surface area contributed by atoms with Crippen molar-refractivity contribution in [1.82, 2.24) is 14.7 Å². The first kappa shape index (κ1) is 14.2. The number of piperazine rings is 1. The van der Waals surface area contributed by atoms with Crippen molar-refractivity contribution in [2.75, 3.05) is 46.3 Å². The molecule has 1 aromatic heterocycles. The SMILES string of the molecule is CN1CCN([C@H]2CCN(Cc3cc4ccccc4o3)C2)CC1. The van der Waals surface area contributed by atoms with E-state index in [2.05, 4.69) is 46.0 Å². The number of para-hydroxylation sites is 1. The molecule has 3 heterocycles. The van der Waals surface area contributed by atoms with Gasteiger partial charge in [0.1, 0.15) is 11.3 Å². The lowest BCUT2D eigenvalue weighted by molar-refractivity contribution is 0.112. The van der Waals surface area contributed by atoms with E-state index in [4.69, 9.17) is 4.42 Å². The second kappa shape index (κ2) is 6.03. The standard InChI is InChI=1S/C18H25N3O/c1-19-8-10-21(11-9-19)16-6-7-20(13-16)14-17-12-15-4-2-3-5-18(15)22-17/h2-5,12,16H,6-11,13-14H2,1H3/t16-/m0/s1. The quantitative estimate of drug-likeness (QED) is 0.867. The van der Waals surface area contributed by atoms with E-state index < -0.39 is 0 Å². The Balaban J connectivity index is 1.36. The summed E-state index contributed by atoms with van der Waals surface area (Å²) in [6.07, 6.45) is 1.30. The van der Waals surface area contributed by atoms with Crippen LogP contribution in [0.4, 0.5) is 0 Å². The molecule has 4 heteroatoms. The Morgan fingerprint density at radius 3 is 2.73 bits per heavy atom. The van der Waals surface area contributed by atoms with Crippen LogP contribution in [0.1, 0.15) is 12.2 Å². The minimum absolute atomic E-state index is 0.734. The maximum absolute atomic E-state index is 5.96. The fraction of sp³-hybridized carbons (Fsp3) is 0.556. The van der Waals surface area contributed by atoms with Crippen LogP contribution in [0, 0.1) is 0 Å². The zero-order chi connectivity index (χ0) is 14.9. The molecule has 4 nitrogen and oxygen atoms in total. The third-order valence-electron chi connectivity index (χ3n) is 5.16. The number of nitrogens with zero attached hydrogens (tertiary/aromatic N) is 3. The van der Waals surface area contributed by atoms with Crippen LogP contribution in [0.25, 0.3) is 11.0 Å². The zero-order valence-corrected chi connectivity index (χ0v) is 13.4. The topological polar surface area (TPSA) is 22.9 Å². The average Bonchev–Trinajstić information content (AvgIpc) is 3.14. The maximum atomic E-state index is 5.96. The van der Waals surface area contributed by atoms with Crippen molar-refractivity contribution in [1.29, 1.82) is 0 Å². The fourth-order valence-electron chi connectivity index (χ4n) is 3.78. The number of fused-ring (bicyclic) bond motifs is 1. The van der Waals surface area contributed by atoms with Gasteiger partial charge in [-0.15, -0.1) is 0 Å². The maximum Gasteiger partial charge on any atom is 0.134 e. The number of likely N-dealkylation sites (N-methyl/N-ethyl adjacent to an activating group) is 1. The van der Waals surface area contributed by atoms with Crippen LogP contribution in [0.3, 0.4) is 0 Å². The first-order chi connectivity index (χ1) is 10.8. The van der Waals surface area contributed by atoms with Gasteiger partial charge in [-0.05, 0) is 25.6 Å². The van der Waals surface area contributed by atoms with E-state index in [9.17, 15) is 0 Å². The molecule has 0 aliphatic carbocycles. The minimum Gasteiger partial charge on any atom is -0.460 e. The molecule has 2 fully saturated rings. The van der Waals surface area contributed by atoms with Crippen LogP contribution in [-0.4, -0.2) is 67.1 Å². The van der Waals surface area contributed by atoms with E-state index in [-0.39, 0.29) is 0 Å². The number of likely N-dealkylation sites (tertiary alicyclic amines) is 1. The van der Waals surface area contributed by atoms with Gasteiger partial charge < -0.3 is 9.32 Å². The third kappa shape index (κ3) is 2.91. The lowest BCUT2D eigenvalue weighted by atomic mass is 10.2. The van der Waals surface area contributed by atoms with Crippen molar-refractivity contribution in [2.45, 2.75) is 19.0 Å². The van der Waals surface area contributed by atoms with Crippen LogP contribution < -0.4 is 0 Å². The number of furan rings is 1. The number of hydrogen-bond donors (Lipinski definition) is 0. The molecule has 118 valence electrons. The van der Waals surface area contributed by atoms with Gasteiger partial charge in [0.25, 0.3) is 0 Å². The average molecular weight is 299 g/mol. The Labute approximate surface area is 132 Å². The Hall–Kier alpha value is -1.36. The first-order valence-electron chi connectivity index (χ1n) is 8.40. The molecule has 0 N–H and O–H groups in total. The highest BCUT2D eigenvalue weighted by Crippen LogP contribution is 2.23. The van der Waals surface area contributed by atoms with Crippen LogP contribution in [0.5, 0.6) is 0 Å². The molecule has 0 spiro atoms. The van der Waals surface area contributed by atoms with Gasteiger partial charge >= 0.3 is 0 Å². The second-order valence-corrected chi connectivity index (χ2v) is 6.77. The number of rotatable bonds is 3. The summed E-state index contributed by atoms with van der Waals surface area (Å²) in [5, 5.41) is 1.22. The van der Waals surface area contributed by atoms with Crippen molar-refractivity contribution in [3.05, 3.63) is 36.1 Å². The molecule has 2 saturated heterocycles. The highest BCUT2D eigenvalue weighted by molar-refractivity contribution is 5.77. The summed E-state index contributed by atoms with van der Waals surface area (Å²) in [7, 11) is 2.22. The van der Waals surface area contributed by atoms with E-state index in [1.807, 2.05) is 6.07 Å². The summed E-state index contributed by atoms with van der Waals surface area (Å²) >= 11 is 0. The lowest BCUT2D eigenvalue weighted by Gasteiger charge is -2.36. The van der Waals surface area contributed by atoms with Gasteiger partial charge in [0.15, 0.2) is 0 Å². The van der Waals surface area contributed by atoms with E-state index >= 15 is 0 Å². The van der Waals surface area contributed by atoms with Crippen LogP contribution in [-0.2, 0) is 6.54 Å². The Kier molecular flexibility index (Phi) is 3.90. The Bertz CT molecular complexity index is 597. The third-order valence-corrected chi connectivity index (χ3v) is 5.16. The molecule has 1 atom stereocenters. The molecule has 1 aromatic carbocycles. The van der Waals surface area contributed by atoms with Gasteiger partial charge in [0, 0.05) is 50.7 Å². The summed E-state index contributed by atoms with van der Waals surface area (Å²) in [4.78, 5) is 7.65. The molecule has 22 heavy (non-hydrogen) atoms. The molecule has 2 aliphatic rings.